The van der Waals surface area contributed by atoms with Crippen molar-refractivity contribution in [3.63, 3.8) is 0 Å². The van der Waals surface area contributed by atoms with Gasteiger partial charge < -0.3 is 36.8 Å². The van der Waals surface area contributed by atoms with Gasteiger partial charge in [-0.1, -0.05) is 205 Å². The van der Waals surface area contributed by atoms with Crippen molar-refractivity contribution in [1.82, 2.24) is 79.2 Å². The summed E-state index contributed by atoms with van der Waals surface area (Å²) in [4.78, 5) is 68.4. The molecule has 0 radical (unpaired) electrons. The van der Waals surface area contributed by atoms with Gasteiger partial charge in [0, 0.05) is 195 Å². The van der Waals surface area contributed by atoms with Gasteiger partial charge in [-0.05, 0) is 195 Å². The number of nitrogens with zero attached hydrogens (tertiary/aromatic N) is 15. The van der Waals surface area contributed by atoms with Crippen molar-refractivity contribution >= 4 is 153 Å². The first-order chi connectivity index (χ1) is 70.1. The summed E-state index contributed by atoms with van der Waals surface area (Å²) < 4.78 is 48.2. The van der Waals surface area contributed by atoms with Crippen molar-refractivity contribution in [2.75, 3.05) is 67.5 Å². The highest BCUT2D eigenvalue weighted by atomic mass is 35.7. The Balaban J connectivity index is 0.000000134. The zero-order valence-electron chi connectivity index (χ0n) is 81.4. The Morgan fingerprint density at radius 2 is 0.738 bits per heavy atom. The minimum atomic E-state index is -3.25. The lowest BCUT2D eigenvalue weighted by atomic mass is 10.0. The number of rotatable bonds is 16. The zero-order valence-corrected chi connectivity index (χ0v) is 86.0. The number of aliphatic hydroxyl groups excluding tert-OH is 1. The number of aryl methyl sites for hydroxylation is 4. The molecule has 1 unspecified atom stereocenters. The normalized spacial score (nSPS) is 13.3. The molecule has 33 heteroatoms. The molecule has 740 valence electrons. The number of aliphatic hydroxyl groups is 1. The fraction of sp³-hybridized carbons (Fsp3) is 0.205. The number of carbonyl (C=O) groups excluding carboxylic acids is 1. The number of hydrogen-bond donors (Lipinski definition) is 6. The van der Waals surface area contributed by atoms with Crippen LogP contribution in [0.5, 0.6) is 0 Å². The number of nitrogens with one attached hydrogen (secondary N) is 4. The summed E-state index contributed by atoms with van der Waals surface area (Å²) in [5, 5.41) is 30.8. The monoisotopic (exact) mass is 2050 g/mol. The molecule has 4 aliphatic heterocycles. The van der Waals surface area contributed by atoms with E-state index in [2.05, 4.69) is 312 Å². The first-order valence-electron chi connectivity index (χ1n) is 47.0. The highest BCUT2D eigenvalue weighted by Crippen LogP contribution is 2.37. The summed E-state index contributed by atoms with van der Waals surface area (Å²) in [5.41, 5.74) is 32.1. The minimum Gasteiger partial charge on any atom is -0.434 e. The molecule has 18 aromatic rings. The van der Waals surface area contributed by atoms with E-state index < -0.39 is 30.1 Å². The Labute approximate surface area is 863 Å². The highest BCUT2D eigenvalue weighted by molar-refractivity contribution is 8.13. The number of benzene rings is 10. The second-order valence-electron chi connectivity index (χ2n) is 35.0. The van der Waals surface area contributed by atoms with Crippen LogP contribution in [0.3, 0.4) is 0 Å². The van der Waals surface area contributed by atoms with E-state index in [0.29, 0.717) is 23.9 Å². The predicted octanol–water partition coefficient (Wildman–Crippen LogP) is 23.0. The lowest BCUT2D eigenvalue weighted by Crippen LogP contribution is -2.36. The van der Waals surface area contributed by atoms with E-state index in [1.54, 1.807) is 19.0 Å². The number of fused-ring (bicyclic) bond motifs is 8. The third-order valence-corrected chi connectivity index (χ3v) is 26.3. The molecule has 12 heterocycles. The highest BCUT2D eigenvalue weighted by Gasteiger charge is 2.28. The van der Waals surface area contributed by atoms with Crippen molar-refractivity contribution in [3.8, 4) is 45.0 Å². The molecule has 27 nitrogen and oxygen atoms in total. The molecule has 22 rings (SSSR count). The first kappa shape index (κ1) is 105. The van der Waals surface area contributed by atoms with E-state index in [9.17, 15) is 21.6 Å². The molecule has 0 saturated carbocycles. The smallest absolute Gasteiger partial charge is 0.405 e. The van der Waals surface area contributed by atoms with Crippen molar-refractivity contribution in [3.05, 3.63) is 388 Å². The van der Waals surface area contributed by atoms with Gasteiger partial charge in [0.25, 0.3) is 0 Å². The van der Waals surface area contributed by atoms with Gasteiger partial charge in [0.1, 0.15) is 47.9 Å². The van der Waals surface area contributed by atoms with Crippen LogP contribution in [0.1, 0.15) is 85.3 Å². The molecule has 0 saturated heterocycles. The number of nitrogen functional groups attached to an aromatic ring is 1. The number of anilines is 7. The summed E-state index contributed by atoms with van der Waals surface area (Å²) in [6.07, 6.45) is 19.6. The molecular formula is C112H110Cl4N20O7S2. The third kappa shape index (κ3) is 29.1. The van der Waals surface area contributed by atoms with Crippen LogP contribution >= 0.6 is 45.5 Å². The number of nitrogens with two attached hydrogens (primary N) is 1. The van der Waals surface area contributed by atoms with Crippen molar-refractivity contribution in [2.24, 2.45) is 0 Å². The number of hydrogen-bond acceptors (Lipinski definition) is 26. The van der Waals surface area contributed by atoms with Gasteiger partial charge in [0.05, 0.1) is 64.6 Å². The Bertz CT molecular complexity index is 7840. The van der Waals surface area contributed by atoms with Gasteiger partial charge in [0.2, 0.25) is 19.1 Å². The minimum absolute atomic E-state index is 0.269. The van der Waals surface area contributed by atoms with E-state index in [1.165, 1.54) is 78.9 Å². The van der Waals surface area contributed by atoms with Crippen LogP contribution in [-0.2, 0) is 88.8 Å². The SMILES string of the molecule is CC(Cl)OC(=O)Cl.CO.CS(=O)(=O)Cl.Cc1ccc(N)cc1-c1cc2ccccc2cn1.Cc1ccc(Nc2ncnc3c2CCN(Cc2ccccc2)C3)cc1-c1cc2ccccc2cn1.Cc1ccc(Nc2ncnc3c2CCN(S(C)(=O)=O)C3)cc1-c1cc2ccccc2cn1.Cc1ccc(Nc2ncnc3c2CCNC3)cc1-c1cc2ccccc2cn1.Clc1ncnc2c1CCN(Cc1ccccc1)C2. The standard InChI is InChI=1S/C30H27N5.C24H23N5O2S.C23H21N5.C16H14N2.C14H14ClN3.C3H4Cl2O2.CH3ClO2S.CH4O/c1-21-11-12-25(16-27(21)28-15-23-9-5-6-10-24(23)17-31-28)34-30-26-13-14-35(19-29(26)32-20-33-30)18-22-7-3-2-4-8-22;1-16-7-8-19(12-21(16)22-11-17-5-3-4-6-18(17)13-25-22)28-24-20-9-10-29(32(2,30)31)14-23(20)26-15-27-24;1-15-6-7-18(28-23-19-8-9-24-13-22(19)26-14-27-23)11-20(15)21-10-16-4-2-3-5-17(16)12-25-21;1-11-6-7-14(17)9-15(11)16-8-12-4-2-3-5-13(12)10-18-16;15-14-12-6-7-18(9-13(12)16-10-17-14)8-11-4-2-1-3-5-11;1-2(4)7-3(5)6;1-5(2,3)4;1-2/h2-12,15-17,20H,13-14,18-19H2,1H3,(H,32,33,34);3-8,11-13,15H,9-10,14H2,1-2H3,(H,26,27,28);2-7,10-12,14,24H,8-9,13H2,1H3,(H,26,27,28);2-10H,17H2,1H3;1-5,10H,6-9H2;2H,1H3;1H3;2H,1H3. The second kappa shape index (κ2) is 49.8. The second-order valence-corrected chi connectivity index (χ2v) is 41.3. The van der Waals surface area contributed by atoms with Gasteiger partial charge in [-0.15, -0.1) is 0 Å². The van der Waals surface area contributed by atoms with E-state index in [-0.39, 0.29) is 6.54 Å². The molecule has 145 heavy (non-hydrogen) atoms. The number of pyridine rings is 4. The summed E-state index contributed by atoms with van der Waals surface area (Å²) in [5.74, 6) is 2.51. The first-order valence-corrected chi connectivity index (χ1v) is 52.7. The van der Waals surface area contributed by atoms with E-state index in [1.807, 2.05) is 91.5 Å². The Morgan fingerprint density at radius 1 is 0.414 bits per heavy atom. The maximum Gasteiger partial charge on any atom is 0.405 e. The molecule has 0 fully saturated rings. The Hall–Kier alpha value is -14.3. The topological polar surface area (TPSA) is 353 Å². The number of halogens is 4. The van der Waals surface area contributed by atoms with E-state index in [4.69, 9.17) is 55.6 Å². The number of aromatic nitrogens is 12. The maximum atomic E-state index is 11.9. The van der Waals surface area contributed by atoms with Crippen LogP contribution in [0.2, 0.25) is 5.15 Å². The average molecular weight is 2050 g/mol. The van der Waals surface area contributed by atoms with Crippen LogP contribution in [0.4, 0.5) is 45.0 Å². The summed E-state index contributed by atoms with van der Waals surface area (Å²) >= 11 is 16.0. The summed E-state index contributed by atoms with van der Waals surface area (Å²) in [6, 6.07) is 87.6. The van der Waals surface area contributed by atoms with Crippen LogP contribution < -0.4 is 27.0 Å². The largest absolute Gasteiger partial charge is 0.434 e. The summed E-state index contributed by atoms with van der Waals surface area (Å²) in [7, 11) is -0.944. The van der Waals surface area contributed by atoms with Gasteiger partial charge in [0.15, 0.2) is 5.56 Å². The molecule has 7 N–H and O–H groups in total. The molecule has 0 aliphatic carbocycles. The van der Waals surface area contributed by atoms with Gasteiger partial charge in [-0.3, -0.25) is 29.7 Å². The fourth-order valence-electron chi connectivity index (χ4n) is 17.3. The third-order valence-electron chi connectivity index (χ3n) is 24.6. The number of alkyl halides is 1. The molecule has 0 amide bonds. The molecule has 8 aromatic heterocycles. The van der Waals surface area contributed by atoms with Crippen LogP contribution in [0.15, 0.2) is 305 Å². The Morgan fingerprint density at radius 3 is 1.11 bits per heavy atom. The quantitative estimate of drug-likeness (QED) is 0.0226. The number of sulfonamides is 1. The molecule has 10 aromatic carbocycles. The van der Waals surface area contributed by atoms with Gasteiger partial charge in [-0.2, -0.15) is 4.31 Å². The lowest BCUT2D eigenvalue weighted by Gasteiger charge is -2.29. The van der Waals surface area contributed by atoms with Crippen molar-refractivity contribution in [2.45, 2.75) is 105 Å². The molecule has 0 spiro atoms. The summed E-state index contributed by atoms with van der Waals surface area (Å²) in [6.45, 7) is 17.9. The lowest BCUT2D eigenvalue weighted by molar-refractivity contribution is 0.166. The fourth-order valence-corrected chi connectivity index (χ4v) is 18.5. The number of carbonyl (C=O) groups is 1. The van der Waals surface area contributed by atoms with E-state index in [0.717, 1.165) is 231 Å². The zero-order chi connectivity index (χ0) is 102. The van der Waals surface area contributed by atoms with Crippen LogP contribution in [0, 0.1) is 27.7 Å². The molecule has 4 aliphatic rings. The van der Waals surface area contributed by atoms with Crippen LogP contribution in [0.25, 0.3) is 88.1 Å². The Kier molecular flexibility index (Phi) is 36.1. The maximum absolute atomic E-state index is 11.9. The van der Waals surface area contributed by atoms with E-state index >= 15 is 0 Å². The number of ether oxygens (including phenoxy) is 1. The molecule has 0 bridgehead atoms. The van der Waals surface area contributed by atoms with Gasteiger partial charge >= 0.3 is 5.43 Å². The average Bonchev–Trinajstić information content (AvgIpc) is 0.831. The van der Waals surface area contributed by atoms with Crippen molar-refractivity contribution < 1.29 is 31.5 Å². The molecular weight excluding hydrogens is 1940 g/mol. The molecule has 1 atom stereocenters. The predicted molar refractivity (Wildman–Crippen MR) is 584 cm³/mol. The van der Waals surface area contributed by atoms with Gasteiger partial charge in [-0.25, -0.2) is 61.5 Å². The van der Waals surface area contributed by atoms with Crippen molar-refractivity contribution in [1.29, 1.82) is 0 Å². The van der Waals surface area contributed by atoms with Crippen LogP contribution in [-0.4, -0.2) is 153 Å².